The summed E-state index contributed by atoms with van der Waals surface area (Å²) in [4.78, 5) is 22.9. The Morgan fingerprint density at radius 2 is 1.89 bits per heavy atom. The van der Waals surface area contributed by atoms with Gasteiger partial charge < -0.3 is 10.1 Å². The molecular weight excluding hydrogens is 270 g/mol. The van der Waals surface area contributed by atoms with Crippen molar-refractivity contribution < 1.29 is 14.3 Å². The SMILES string of the molecule is COC(=O)/C(C)=N/N(C)C(=O)Nc1ccc(Cl)cc1. The highest BCUT2D eigenvalue weighted by Crippen LogP contribution is 2.13. The van der Waals surface area contributed by atoms with E-state index < -0.39 is 12.0 Å². The number of hydrazone groups is 1. The highest BCUT2D eigenvalue weighted by atomic mass is 35.5. The van der Waals surface area contributed by atoms with E-state index in [0.717, 1.165) is 5.01 Å². The Labute approximate surface area is 116 Å². The van der Waals surface area contributed by atoms with Crippen molar-refractivity contribution in [3.05, 3.63) is 29.3 Å². The summed E-state index contributed by atoms with van der Waals surface area (Å²) in [5, 5.41) is 7.99. The summed E-state index contributed by atoms with van der Waals surface area (Å²) in [6.07, 6.45) is 0. The number of ether oxygens (including phenoxy) is 1. The van der Waals surface area contributed by atoms with Crippen LogP contribution in [0.25, 0.3) is 0 Å². The molecule has 0 aliphatic rings. The summed E-state index contributed by atoms with van der Waals surface area (Å²) >= 11 is 5.73. The summed E-state index contributed by atoms with van der Waals surface area (Å²) in [5.74, 6) is -0.592. The van der Waals surface area contributed by atoms with Crippen molar-refractivity contribution >= 4 is 35.0 Å². The summed E-state index contributed by atoms with van der Waals surface area (Å²) in [6.45, 7) is 1.46. The maximum Gasteiger partial charge on any atom is 0.353 e. The van der Waals surface area contributed by atoms with Crippen LogP contribution in [0.3, 0.4) is 0 Å². The van der Waals surface area contributed by atoms with Crippen LogP contribution >= 0.6 is 11.6 Å². The first-order valence-corrected chi connectivity index (χ1v) is 5.75. The zero-order valence-corrected chi connectivity index (χ0v) is 11.6. The van der Waals surface area contributed by atoms with E-state index in [4.69, 9.17) is 11.6 Å². The molecule has 0 aromatic heterocycles. The van der Waals surface area contributed by atoms with Gasteiger partial charge in [-0.3, -0.25) is 0 Å². The Balaban J connectivity index is 2.68. The predicted molar refractivity (Wildman–Crippen MR) is 73.4 cm³/mol. The minimum absolute atomic E-state index is 0.0799. The number of methoxy groups -OCH3 is 1. The Morgan fingerprint density at radius 3 is 2.42 bits per heavy atom. The lowest BCUT2D eigenvalue weighted by Crippen LogP contribution is -2.29. The quantitative estimate of drug-likeness (QED) is 0.526. The minimum Gasteiger partial charge on any atom is -0.464 e. The highest BCUT2D eigenvalue weighted by Gasteiger charge is 2.11. The molecule has 19 heavy (non-hydrogen) atoms. The number of anilines is 1. The number of hydrogen-bond donors (Lipinski definition) is 1. The number of urea groups is 1. The third kappa shape index (κ3) is 4.59. The third-order valence-corrected chi connectivity index (χ3v) is 2.42. The van der Waals surface area contributed by atoms with E-state index in [-0.39, 0.29) is 5.71 Å². The van der Waals surface area contributed by atoms with Crippen LogP contribution in [-0.2, 0) is 9.53 Å². The topological polar surface area (TPSA) is 71.0 Å². The summed E-state index contributed by atoms with van der Waals surface area (Å²) < 4.78 is 4.48. The van der Waals surface area contributed by atoms with Gasteiger partial charge in [-0.2, -0.15) is 5.10 Å². The average molecular weight is 284 g/mol. The molecule has 0 saturated carbocycles. The second-order valence-electron chi connectivity index (χ2n) is 3.64. The van der Waals surface area contributed by atoms with E-state index in [1.807, 2.05) is 0 Å². The zero-order valence-electron chi connectivity index (χ0n) is 10.8. The number of benzene rings is 1. The fourth-order valence-corrected chi connectivity index (χ4v) is 1.32. The van der Waals surface area contributed by atoms with Crippen molar-refractivity contribution in [3.8, 4) is 0 Å². The van der Waals surface area contributed by atoms with Gasteiger partial charge in [0.25, 0.3) is 0 Å². The first kappa shape index (κ1) is 15.0. The molecule has 0 aliphatic carbocycles. The van der Waals surface area contributed by atoms with Crippen LogP contribution in [0.2, 0.25) is 5.02 Å². The lowest BCUT2D eigenvalue weighted by molar-refractivity contribution is -0.132. The zero-order chi connectivity index (χ0) is 14.4. The monoisotopic (exact) mass is 283 g/mol. The molecule has 0 fully saturated rings. The van der Waals surface area contributed by atoms with Crippen molar-refractivity contribution in [1.82, 2.24) is 5.01 Å². The van der Waals surface area contributed by atoms with Crippen molar-refractivity contribution in [3.63, 3.8) is 0 Å². The van der Waals surface area contributed by atoms with Crippen LogP contribution in [0, 0.1) is 0 Å². The molecule has 102 valence electrons. The first-order chi connectivity index (χ1) is 8.93. The largest absolute Gasteiger partial charge is 0.464 e. The number of nitrogens with one attached hydrogen (secondary N) is 1. The second kappa shape index (κ2) is 6.75. The number of carbonyl (C=O) groups excluding carboxylic acids is 2. The molecule has 1 aromatic rings. The lowest BCUT2D eigenvalue weighted by Gasteiger charge is -2.13. The van der Waals surface area contributed by atoms with Crippen molar-refractivity contribution in [2.75, 3.05) is 19.5 Å². The Morgan fingerprint density at radius 1 is 1.32 bits per heavy atom. The molecule has 0 unspecified atom stereocenters. The molecule has 0 saturated heterocycles. The van der Waals surface area contributed by atoms with E-state index in [1.165, 1.54) is 21.1 Å². The molecule has 1 rings (SSSR count). The fourth-order valence-electron chi connectivity index (χ4n) is 1.20. The van der Waals surface area contributed by atoms with Gasteiger partial charge >= 0.3 is 12.0 Å². The molecule has 0 spiro atoms. The summed E-state index contributed by atoms with van der Waals surface area (Å²) in [6, 6.07) is 6.14. The molecule has 0 radical (unpaired) electrons. The lowest BCUT2D eigenvalue weighted by atomic mass is 10.3. The van der Waals surface area contributed by atoms with Gasteiger partial charge in [0.15, 0.2) is 0 Å². The van der Waals surface area contributed by atoms with Crippen molar-refractivity contribution in [2.45, 2.75) is 6.92 Å². The average Bonchev–Trinajstić information content (AvgIpc) is 2.40. The van der Waals surface area contributed by atoms with Crippen molar-refractivity contribution in [2.24, 2.45) is 5.10 Å². The fraction of sp³-hybridized carbons (Fsp3) is 0.250. The van der Waals surface area contributed by atoms with E-state index in [2.05, 4.69) is 15.2 Å². The molecule has 1 aromatic carbocycles. The summed E-state index contributed by atoms with van der Waals surface area (Å²) in [5.41, 5.74) is 0.656. The van der Waals surface area contributed by atoms with E-state index >= 15 is 0 Å². The Hall–Kier alpha value is -2.08. The number of hydrogen-bond acceptors (Lipinski definition) is 4. The molecule has 2 amide bonds. The third-order valence-electron chi connectivity index (χ3n) is 2.17. The summed E-state index contributed by atoms with van der Waals surface area (Å²) in [7, 11) is 2.67. The normalized spacial score (nSPS) is 10.8. The van der Waals surface area contributed by atoms with E-state index in [9.17, 15) is 9.59 Å². The van der Waals surface area contributed by atoms with E-state index in [0.29, 0.717) is 10.7 Å². The van der Waals surface area contributed by atoms with Crippen LogP contribution in [0.1, 0.15) is 6.92 Å². The van der Waals surface area contributed by atoms with Gasteiger partial charge in [-0.15, -0.1) is 0 Å². The van der Waals surface area contributed by atoms with Gasteiger partial charge in [-0.05, 0) is 31.2 Å². The molecule has 6 nitrogen and oxygen atoms in total. The maximum absolute atomic E-state index is 11.8. The minimum atomic E-state index is -0.592. The molecule has 1 N–H and O–H groups in total. The van der Waals surface area contributed by atoms with Gasteiger partial charge in [0.1, 0.15) is 5.71 Å². The van der Waals surface area contributed by atoms with Gasteiger partial charge in [-0.1, -0.05) is 11.6 Å². The second-order valence-corrected chi connectivity index (χ2v) is 4.07. The van der Waals surface area contributed by atoms with Crippen LogP contribution < -0.4 is 5.32 Å². The molecular formula is C12H14ClN3O3. The van der Waals surface area contributed by atoms with Crippen LogP contribution in [0.5, 0.6) is 0 Å². The maximum atomic E-state index is 11.8. The number of amides is 2. The molecule has 0 heterocycles. The van der Waals surface area contributed by atoms with Gasteiger partial charge in [0.2, 0.25) is 0 Å². The first-order valence-electron chi connectivity index (χ1n) is 5.38. The molecule has 0 aliphatic heterocycles. The van der Waals surface area contributed by atoms with Gasteiger partial charge in [0, 0.05) is 17.8 Å². The van der Waals surface area contributed by atoms with Gasteiger partial charge in [0.05, 0.1) is 7.11 Å². The number of nitrogens with zero attached hydrogens (tertiary/aromatic N) is 2. The van der Waals surface area contributed by atoms with Crippen LogP contribution in [-0.4, -0.2) is 36.9 Å². The van der Waals surface area contributed by atoms with E-state index in [1.54, 1.807) is 24.3 Å². The van der Waals surface area contributed by atoms with Crippen LogP contribution in [0.15, 0.2) is 29.4 Å². The standard InChI is InChI=1S/C12H14ClN3O3/c1-8(11(17)19-3)15-16(2)12(18)14-10-6-4-9(13)5-7-10/h4-7H,1-3H3,(H,14,18)/b15-8+. The predicted octanol–water partition coefficient (Wildman–Crippen LogP) is 2.35. The molecule has 7 heteroatoms. The highest BCUT2D eigenvalue weighted by molar-refractivity contribution is 6.35. The molecule has 0 atom stereocenters. The Bertz CT molecular complexity index is 499. The number of esters is 1. The Kier molecular flexibility index (Phi) is 5.32. The molecule has 0 bridgehead atoms. The number of carbonyl (C=O) groups is 2. The smallest absolute Gasteiger partial charge is 0.353 e. The number of halogens is 1. The number of rotatable bonds is 3. The van der Waals surface area contributed by atoms with Crippen molar-refractivity contribution in [1.29, 1.82) is 0 Å². The van der Waals surface area contributed by atoms with Crippen LogP contribution in [0.4, 0.5) is 10.5 Å². The van der Waals surface area contributed by atoms with Gasteiger partial charge in [-0.25, -0.2) is 14.6 Å².